The molecule has 1 aliphatic heterocycles. The van der Waals surface area contributed by atoms with Crippen molar-refractivity contribution < 1.29 is 0 Å². The molecule has 1 aromatic heterocycles. The van der Waals surface area contributed by atoms with Gasteiger partial charge in [0.2, 0.25) is 0 Å². The Hall–Kier alpha value is -0.870. The third-order valence-electron chi connectivity index (χ3n) is 3.72. The third kappa shape index (κ3) is 3.82. The third-order valence-corrected chi connectivity index (χ3v) is 3.72. The Labute approximate surface area is 110 Å². The highest BCUT2D eigenvalue weighted by Crippen LogP contribution is 2.17. The maximum Gasteiger partial charge on any atom is 0.0945 e. The minimum Gasteiger partial charge on any atom is -0.337 e. The van der Waals surface area contributed by atoms with Crippen LogP contribution in [0.4, 0.5) is 0 Å². The van der Waals surface area contributed by atoms with Gasteiger partial charge in [0, 0.05) is 32.4 Å². The fraction of sp³-hybridized carbons (Fsp3) is 0.786. The van der Waals surface area contributed by atoms with E-state index in [1.165, 1.54) is 31.6 Å². The van der Waals surface area contributed by atoms with Crippen molar-refractivity contribution in [2.24, 2.45) is 13.0 Å². The minimum atomic E-state index is 0.595. The summed E-state index contributed by atoms with van der Waals surface area (Å²) in [5.41, 5.74) is 1.31. The van der Waals surface area contributed by atoms with E-state index in [4.69, 9.17) is 0 Å². The number of hydrogen-bond acceptors (Lipinski definition) is 3. The molecule has 18 heavy (non-hydrogen) atoms. The van der Waals surface area contributed by atoms with Gasteiger partial charge in [-0.2, -0.15) is 0 Å². The molecule has 1 atom stereocenters. The van der Waals surface area contributed by atoms with Crippen LogP contribution < -0.4 is 5.32 Å². The summed E-state index contributed by atoms with van der Waals surface area (Å²) in [6, 6.07) is 0.595. The molecule has 0 aromatic carbocycles. The molecule has 0 aliphatic carbocycles. The molecule has 0 spiro atoms. The SMILES string of the molecule is CC(C)NCC1CCCN(Cc2cncn2C)C1. The molecule has 1 saturated heterocycles. The van der Waals surface area contributed by atoms with Gasteiger partial charge >= 0.3 is 0 Å². The molecular weight excluding hydrogens is 224 g/mol. The largest absolute Gasteiger partial charge is 0.337 e. The molecular formula is C14H26N4. The number of imidazole rings is 1. The smallest absolute Gasteiger partial charge is 0.0945 e. The zero-order valence-corrected chi connectivity index (χ0v) is 11.9. The van der Waals surface area contributed by atoms with Crippen LogP contribution in [0.3, 0.4) is 0 Å². The van der Waals surface area contributed by atoms with Crippen molar-refractivity contribution in [2.75, 3.05) is 19.6 Å². The van der Waals surface area contributed by atoms with Crippen LogP contribution >= 0.6 is 0 Å². The van der Waals surface area contributed by atoms with Crippen molar-refractivity contribution in [3.05, 3.63) is 18.2 Å². The number of aromatic nitrogens is 2. The number of piperidine rings is 1. The summed E-state index contributed by atoms with van der Waals surface area (Å²) in [6.45, 7) is 9.06. The van der Waals surface area contributed by atoms with Crippen molar-refractivity contribution in [1.29, 1.82) is 0 Å². The van der Waals surface area contributed by atoms with Crippen LogP contribution in [0, 0.1) is 5.92 Å². The molecule has 2 rings (SSSR count). The molecule has 0 radical (unpaired) electrons. The van der Waals surface area contributed by atoms with Gasteiger partial charge in [0.05, 0.1) is 12.0 Å². The van der Waals surface area contributed by atoms with Crippen LogP contribution in [0.5, 0.6) is 0 Å². The summed E-state index contributed by atoms with van der Waals surface area (Å²) in [6.07, 6.45) is 6.55. The molecule has 4 nitrogen and oxygen atoms in total. The fourth-order valence-electron chi connectivity index (χ4n) is 2.63. The van der Waals surface area contributed by atoms with Crippen molar-refractivity contribution in [3.63, 3.8) is 0 Å². The van der Waals surface area contributed by atoms with Crippen LogP contribution in [0.2, 0.25) is 0 Å². The molecule has 0 amide bonds. The van der Waals surface area contributed by atoms with Gasteiger partial charge < -0.3 is 9.88 Å². The number of aryl methyl sites for hydroxylation is 1. The minimum absolute atomic E-state index is 0.595. The van der Waals surface area contributed by atoms with Gasteiger partial charge in [-0.1, -0.05) is 13.8 Å². The number of nitrogens with one attached hydrogen (secondary N) is 1. The summed E-state index contributed by atoms with van der Waals surface area (Å²) in [4.78, 5) is 6.75. The molecule has 4 heteroatoms. The molecule has 1 aromatic rings. The average molecular weight is 250 g/mol. The van der Waals surface area contributed by atoms with Crippen LogP contribution in [0.1, 0.15) is 32.4 Å². The molecule has 2 heterocycles. The van der Waals surface area contributed by atoms with Gasteiger partial charge in [0.25, 0.3) is 0 Å². The zero-order chi connectivity index (χ0) is 13.0. The molecule has 0 saturated carbocycles. The number of hydrogen-bond donors (Lipinski definition) is 1. The van der Waals surface area contributed by atoms with Gasteiger partial charge in [0.15, 0.2) is 0 Å². The van der Waals surface area contributed by atoms with Crippen molar-refractivity contribution in [1.82, 2.24) is 19.8 Å². The first-order chi connectivity index (χ1) is 8.65. The molecule has 102 valence electrons. The van der Waals surface area contributed by atoms with E-state index < -0.39 is 0 Å². The lowest BCUT2D eigenvalue weighted by Gasteiger charge is -2.33. The molecule has 1 aliphatic rings. The molecule has 0 bridgehead atoms. The lowest BCUT2D eigenvalue weighted by molar-refractivity contribution is 0.161. The standard InChI is InChI=1S/C14H26N4/c1-12(2)16-7-13-5-4-6-18(9-13)10-14-8-15-11-17(14)3/h8,11-13,16H,4-7,9-10H2,1-3H3. The van der Waals surface area contributed by atoms with Crippen LogP contribution in [-0.2, 0) is 13.6 Å². The summed E-state index contributed by atoms with van der Waals surface area (Å²) >= 11 is 0. The Morgan fingerprint density at radius 1 is 1.50 bits per heavy atom. The van der Waals surface area contributed by atoms with Gasteiger partial charge in [0.1, 0.15) is 0 Å². The van der Waals surface area contributed by atoms with E-state index in [1.54, 1.807) is 0 Å². The topological polar surface area (TPSA) is 33.1 Å². The molecule has 1 N–H and O–H groups in total. The van der Waals surface area contributed by atoms with Crippen LogP contribution in [0.15, 0.2) is 12.5 Å². The van der Waals surface area contributed by atoms with Gasteiger partial charge in [-0.3, -0.25) is 4.90 Å². The Kier molecular flexibility index (Phi) is 4.78. The first-order valence-electron chi connectivity index (χ1n) is 7.06. The number of rotatable bonds is 5. The first kappa shape index (κ1) is 13.6. The first-order valence-corrected chi connectivity index (χ1v) is 7.06. The van der Waals surface area contributed by atoms with E-state index in [1.807, 2.05) is 12.5 Å². The highest BCUT2D eigenvalue weighted by atomic mass is 15.2. The quantitative estimate of drug-likeness (QED) is 0.862. The van der Waals surface area contributed by atoms with E-state index in [0.717, 1.165) is 19.0 Å². The van der Waals surface area contributed by atoms with Gasteiger partial charge in [-0.25, -0.2) is 4.98 Å². The zero-order valence-electron chi connectivity index (χ0n) is 11.9. The maximum atomic E-state index is 4.19. The summed E-state index contributed by atoms with van der Waals surface area (Å²) in [5, 5.41) is 3.56. The van der Waals surface area contributed by atoms with E-state index in [-0.39, 0.29) is 0 Å². The maximum absolute atomic E-state index is 4.19. The fourth-order valence-corrected chi connectivity index (χ4v) is 2.63. The van der Waals surface area contributed by atoms with Crippen LogP contribution in [-0.4, -0.2) is 40.1 Å². The second-order valence-electron chi connectivity index (χ2n) is 5.80. The average Bonchev–Trinajstić information content (AvgIpc) is 2.73. The van der Waals surface area contributed by atoms with Crippen molar-refractivity contribution >= 4 is 0 Å². The van der Waals surface area contributed by atoms with E-state index in [2.05, 4.69) is 40.7 Å². The van der Waals surface area contributed by atoms with Crippen LogP contribution in [0.25, 0.3) is 0 Å². The van der Waals surface area contributed by atoms with Crippen molar-refractivity contribution in [2.45, 2.75) is 39.3 Å². The predicted molar refractivity (Wildman–Crippen MR) is 74.3 cm³/mol. The van der Waals surface area contributed by atoms with E-state index >= 15 is 0 Å². The highest BCUT2D eigenvalue weighted by molar-refractivity contribution is 4.97. The second kappa shape index (κ2) is 6.34. The summed E-state index contributed by atoms with van der Waals surface area (Å²) in [7, 11) is 2.07. The van der Waals surface area contributed by atoms with E-state index in [0.29, 0.717) is 6.04 Å². The Morgan fingerprint density at radius 2 is 2.33 bits per heavy atom. The highest BCUT2D eigenvalue weighted by Gasteiger charge is 2.20. The Morgan fingerprint density at radius 3 is 3.00 bits per heavy atom. The predicted octanol–water partition coefficient (Wildman–Crippen LogP) is 1.63. The normalized spacial score (nSPS) is 21.7. The number of nitrogens with zero attached hydrogens (tertiary/aromatic N) is 3. The Balaban J connectivity index is 1.81. The summed E-state index contributed by atoms with van der Waals surface area (Å²) in [5.74, 6) is 0.800. The monoisotopic (exact) mass is 250 g/mol. The van der Waals surface area contributed by atoms with Gasteiger partial charge in [-0.05, 0) is 31.8 Å². The van der Waals surface area contributed by atoms with E-state index in [9.17, 15) is 0 Å². The second-order valence-corrected chi connectivity index (χ2v) is 5.80. The van der Waals surface area contributed by atoms with Crippen molar-refractivity contribution in [3.8, 4) is 0 Å². The lowest BCUT2D eigenvalue weighted by atomic mass is 9.97. The molecule has 1 unspecified atom stereocenters. The summed E-state index contributed by atoms with van der Waals surface area (Å²) < 4.78 is 2.12. The number of likely N-dealkylation sites (tertiary alicyclic amines) is 1. The Bertz CT molecular complexity index is 358. The van der Waals surface area contributed by atoms with Gasteiger partial charge in [-0.15, -0.1) is 0 Å². The lowest BCUT2D eigenvalue weighted by Crippen LogP contribution is -2.40. The molecule has 1 fully saturated rings.